The average molecular weight is 404 g/mol. The fraction of sp³-hybridized carbons (Fsp3) is 0.450. The number of likely N-dealkylation sites (tertiary alicyclic amines) is 1. The lowest BCUT2D eigenvalue weighted by Gasteiger charge is -2.41. The van der Waals surface area contributed by atoms with Crippen molar-refractivity contribution in [3.8, 4) is 11.6 Å². The predicted octanol–water partition coefficient (Wildman–Crippen LogP) is 2.14. The van der Waals surface area contributed by atoms with Gasteiger partial charge in [0, 0.05) is 45.7 Å². The monoisotopic (exact) mass is 403 g/mol. The van der Waals surface area contributed by atoms with Crippen LogP contribution in [-0.4, -0.2) is 62.0 Å². The van der Waals surface area contributed by atoms with Gasteiger partial charge in [0.2, 0.25) is 15.9 Å². The molecule has 150 valence electrons. The summed E-state index contributed by atoms with van der Waals surface area (Å²) in [7, 11) is -0.301. The first-order valence-electron chi connectivity index (χ1n) is 9.38. The predicted molar refractivity (Wildman–Crippen MR) is 105 cm³/mol. The van der Waals surface area contributed by atoms with Crippen molar-refractivity contribution in [2.75, 3.05) is 33.8 Å². The molecule has 0 amide bonds. The van der Waals surface area contributed by atoms with Crippen LogP contribution in [0.5, 0.6) is 11.6 Å². The number of pyridine rings is 1. The molecule has 2 aliphatic heterocycles. The topological polar surface area (TPSA) is 72.0 Å². The second kappa shape index (κ2) is 7.35. The summed E-state index contributed by atoms with van der Waals surface area (Å²) in [5, 5.41) is 0. The molecule has 1 saturated heterocycles. The van der Waals surface area contributed by atoms with Gasteiger partial charge in [-0.25, -0.2) is 13.4 Å². The minimum Gasteiger partial charge on any atom is -0.497 e. The lowest BCUT2D eigenvalue weighted by molar-refractivity contribution is -0.0120. The summed E-state index contributed by atoms with van der Waals surface area (Å²) in [6.07, 6.45) is 3.07. The van der Waals surface area contributed by atoms with Crippen molar-refractivity contribution in [2.45, 2.75) is 29.9 Å². The maximum Gasteiger partial charge on any atom is 0.248 e. The molecule has 0 saturated carbocycles. The first-order chi connectivity index (χ1) is 13.4. The Morgan fingerprint density at radius 2 is 1.89 bits per heavy atom. The highest BCUT2D eigenvalue weighted by molar-refractivity contribution is 7.89. The van der Waals surface area contributed by atoms with Crippen molar-refractivity contribution in [3.63, 3.8) is 0 Å². The van der Waals surface area contributed by atoms with Crippen molar-refractivity contribution in [2.24, 2.45) is 0 Å². The number of ether oxygens (including phenoxy) is 2. The van der Waals surface area contributed by atoms with Crippen molar-refractivity contribution >= 4 is 10.0 Å². The second-order valence-corrected chi connectivity index (χ2v) is 9.49. The van der Waals surface area contributed by atoms with Gasteiger partial charge in [-0.3, -0.25) is 4.90 Å². The van der Waals surface area contributed by atoms with Gasteiger partial charge in [0.25, 0.3) is 0 Å². The first-order valence-corrected chi connectivity index (χ1v) is 10.8. The summed E-state index contributed by atoms with van der Waals surface area (Å²) >= 11 is 0. The number of methoxy groups -OCH3 is 1. The molecule has 1 spiro atoms. The summed E-state index contributed by atoms with van der Waals surface area (Å²) in [5.41, 5.74) is 0.683. The van der Waals surface area contributed by atoms with Crippen LogP contribution in [-0.2, 0) is 16.6 Å². The maximum absolute atomic E-state index is 12.8. The van der Waals surface area contributed by atoms with Crippen LogP contribution in [0.15, 0.2) is 47.5 Å². The molecule has 1 aromatic carbocycles. The van der Waals surface area contributed by atoms with Crippen LogP contribution < -0.4 is 9.47 Å². The third-order valence-corrected chi connectivity index (χ3v) is 7.40. The Labute approximate surface area is 165 Å². The third-order valence-electron chi connectivity index (χ3n) is 5.58. The summed E-state index contributed by atoms with van der Waals surface area (Å²) < 4.78 is 38.4. The molecule has 0 aliphatic carbocycles. The molecule has 0 unspecified atom stereocenters. The molecule has 1 aromatic heterocycles. The number of rotatable bonds is 3. The standard InChI is InChI=1S/C20H25N3O4S/c1-22-15-20(27-19-18(28(22,24)25)4-3-11-21-19)9-12-23(13-10-20)14-16-5-7-17(26-2)8-6-16/h3-8,11H,9-10,12-15H2,1-2H3. The summed E-state index contributed by atoms with van der Waals surface area (Å²) in [5.74, 6) is 1.07. The lowest BCUT2D eigenvalue weighted by Crippen LogP contribution is -2.53. The Hall–Kier alpha value is -2.16. The van der Waals surface area contributed by atoms with Crippen molar-refractivity contribution in [3.05, 3.63) is 48.2 Å². The molecule has 3 heterocycles. The van der Waals surface area contributed by atoms with Crippen LogP contribution >= 0.6 is 0 Å². The lowest BCUT2D eigenvalue weighted by atomic mass is 9.90. The van der Waals surface area contributed by atoms with E-state index in [-0.39, 0.29) is 10.8 Å². The number of hydrogen-bond donors (Lipinski definition) is 0. The minimum atomic E-state index is -3.58. The Kier molecular flexibility index (Phi) is 5.03. The molecular weight excluding hydrogens is 378 g/mol. The van der Waals surface area contributed by atoms with Crippen LogP contribution in [0.3, 0.4) is 0 Å². The van der Waals surface area contributed by atoms with E-state index in [4.69, 9.17) is 9.47 Å². The van der Waals surface area contributed by atoms with E-state index in [1.54, 1.807) is 32.5 Å². The molecule has 4 rings (SSSR count). The number of likely N-dealkylation sites (N-methyl/N-ethyl adjacent to an activating group) is 1. The molecule has 2 aliphatic rings. The molecule has 1 fully saturated rings. The number of benzene rings is 1. The van der Waals surface area contributed by atoms with E-state index in [0.29, 0.717) is 6.54 Å². The fourth-order valence-electron chi connectivity index (χ4n) is 3.91. The van der Waals surface area contributed by atoms with Gasteiger partial charge in [0.15, 0.2) is 0 Å². The van der Waals surface area contributed by atoms with Gasteiger partial charge in [-0.15, -0.1) is 0 Å². The van der Waals surface area contributed by atoms with Gasteiger partial charge < -0.3 is 9.47 Å². The van der Waals surface area contributed by atoms with E-state index in [2.05, 4.69) is 22.0 Å². The van der Waals surface area contributed by atoms with Crippen LogP contribution in [0, 0.1) is 0 Å². The number of fused-ring (bicyclic) bond motifs is 1. The first kappa shape index (κ1) is 19.2. The highest BCUT2D eigenvalue weighted by Crippen LogP contribution is 2.37. The molecule has 7 nitrogen and oxygen atoms in total. The molecule has 0 atom stereocenters. The summed E-state index contributed by atoms with van der Waals surface area (Å²) in [6, 6.07) is 11.3. The number of nitrogens with zero attached hydrogens (tertiary/aromatic N) is 3. The van der Waals surface area contributed by atoms with Crippen molar-refractivity contribution in [1.29, 1.82) is 0 Å². The number of aromatic nitrogens is 1. The number of piperidine rings is 1. The minimum absolute atomic E-state index is 0.148. The van der Waals surface area contributed by atoms with E-state index < -0.39 is 15.6 Å². The van der Waals surface area contributed by atoms with Crippen molar-refractivity contribution in [1.82, 2.24) is 14.2 Å². The SMILES string of the molecule is COc1ccc(CN2CCC3(CC2)CN(C)S(=O)(=O)c2cccnc2O3)cc1. The van der Waals surface area contributed by atoms with Crippen LogP contribution in [0.1, 0.15) is 18.4 Å². The Morgan fingerprint density at radius 1 is 1.18 bits per heavy atom. The Morgan fingerprint density at radius 3 is 2.57 bits per heavy atom. The zero-order valence-electron chi connectivity index (χ0n) is 16.2. The zero-order valence-corrected chi connectivity index (χ0v) is 17.0. The quantitative estimate of drug-likeness (QED) is 0.782. The van der Waals surface area contributed by atoms with E-state index >= 15 is 0 Å². The summed E-state index contributed by atoms with van der Waals surface area (Å²) in [6.45, 7) is 2.86. The molecule has 0 bridgehead atoms. The maximum atomic E-state index is 12.8. The third kappa shape index (κ3) is 3.59. The van der Waals surface area contributed by atoms with Gasteiger partial charge in [-0.1, -0.05) is 12.1 Å². The van der Waals surface area contributed by atoms with Crippen LogP contribution in [0.4, 0.5) is 0 Å². The molecule has 0 N–H and O–H groups in total. The number of hydrogen-bond acceptors (Lipinski definition) is 6. The highest BCUT2D eigenvalue weighted by Gasteiger charge is 2.44. The number of sulfonamides is 1. The summed E-state index contributed by atoms with van der Waals surface area (Å²) in [4.78, 5) is 6.73. The van der Waals surface area contributed by atoms with E-state index in [1.165, 1.54) is 9.87 Å². The van der Waals surface area contributed by atoms with E-state index in [9.17, 15) is 8.42 Å². The van der Waals surface area contributed by atoms with Crippen LogP contribution in [0.25, 0.3) is 0 Å². The molecule has 8 heteroatoms. The largest absolute Gasteiger partial charge is 0.497 e. The smallest absolute Gasteiger partial charge is 0.248 e. The average Bonchev–Trinajstić information content (AvgIpc) is 2.78. The molecule has 28 heavy (non-hydrogen) atoms. The zero-order chi connectivity index (χ0) is 19.8. The van der Waals surface area contributed by atoms with E-state index in [0.717, 1.165) is 38.2 Å². The van der Waals surface area contributed by atoms with Crippen molar-refractivity contribution < 1.29 is 17.9 Å². The molecule has 2 aromatic rings. The van der Waals surface area contributed by atoms with Gasteiger partial charge in [-0.2, -0.15) is 4.31 Å². The fourth-order valence-corrected chi connectivity index (χ4v) is 5.22. The molecular formula is C20H25N3O4S. The highest BCUT2D eigenvalue weighted by atomic mass is 32.2. The Bertz CT molecular complexity index is 938. The van der Waals surface area contributed by atoms with Gasteiger partial charge in [0.05, 0.1) is 13.7 Å². The van der Waals surface area contributed by atoms with Gasteiger partial charge in [-0.05, 0) is 29.8 Å². The van der Waals surface area contributed by atoms with Gasteiger partial charge in [0.1, 0.15) is 16.2 Å². The van der Waals surface area contributed by atoms with Crippen LogP contribution in [0.2, 0.25) is 0 Å². The normalized spacial score (nSPS) is 21.5. The Balaban J connectivity index is 1.49. The second-order valence-electron chi connectivity index (χ2n) is 7.48. The molecule has 0 radical (unpaired) electrons. The van der Waals surface area contributed by atoms with E-state index in [1.807, 2.05) is 12.1 Å². The van der Waals surface area contributed by atoms with Gasteiger partial charge >= 0.3 is 0 Å².